The highest BCUT2D eigenvalue weighted by atomic mass is 15.1. The van der Waals surface area contributed by atoms with Crippen LogP contribution in [0.3, 0.4) is 0 Å². The first kappa shape index (κ1) is 15.6. The summed E-state index contributed by atoms with van der Waals surface area (Å²) in [5, 5.41) is 0. The van der Waals surface area contributed by atoms with Crippen molar-refractivity contribution >= 4 is 11.2 Å². The van der Waals surface area contributed by atoms with Gasteiger partial charge >= 0.3 is 0 Å². The maximum Gasteiger partial charge on any atom is 0.177 e. The van der Waals surface area contributed by atoms with E-state index < -0.39 is 0 Å². The normalized spacial score (nSPS) is 12.6. The largest absolute Gasteiger partial charge is 0.343 e. The van der Waals surface area contributed by atoms with Crippen molar-refractivity contribution in [2.45, 2.75) is 26.8 Å². The third-order valence-electron chi connectivity index (χ3n) is 4.59. The van der Waals surface area contributed by atoms with Crippen LogP contribution < -0.4 is 0 Å². The van der Waals surface area contributed by atoms with Gasteiger partial charge in [0.2, 0.25) is 0 Å². The molecule has 0 fully saturated rings. The molecule has 0 spiro atoms. The zero-order valence-corrected chi connectivity index (χ0v) is 14.5. The van der Waals surface area contributed by atoms with Crippen LogP contribution in [-0.2, 0) is 13.0 Å². The van der Waals surface area contributed by atoms with Crippen LogP contribution in [0.5, 0.6) is 0 Å². The standard InChI is InChI=1S/C20H21N5/c1-14(11-16-7-8-21-19-18(16)23-13-24-19)12-25-10-9-22-20(25)17-6-4-3-5-15(17)2/h3-10,13-14H,11-12H2,1-2H3,(H,21,23,24). The van der Waals surface area contributed by atoms with Gasteiger partial charge in [-0.3, -0.25) is 0 Å². The van der Waals surface area contributed by atoms with E-state index in [0.29, 0.717) is 5.92 Å². The predicted molar refractivity (Wildman–Crippen MR) is 99.2 cm³/mol. The minimum atomic E-state index is 0.464. The zero-order chi connectivity index (χ0) is 17.2. The number of imidazole rings is 2. The first-order chi connectivity index (χ1) is 12.2. The van der Waals surface area contributed by atoms with Gasteiger partial charge in [0.15, 0.2) is 5.65 Å². The number of nitrogens with one attached hydrogen (secondary N) is 1. The fraction of sp³-hybridized carbons (Fsp3) is 0.250. The predicted octanol–water partition coefficient (Wildman–Crippen LogP) is 4.01. The molecule has 4 aromatic rings. The Morgan fingerprint density at radius 1 is 1.08 bits per heavy atom. The molecular formula is C20H21N5. The Morgan fingerprint density at radius 3 is 2.84 bits per heavy atom. The third kappa shape index (κ3) is 3.05. The van der Waals surface area contributed by atoms with E-state index in [4.69, 9.17) is 0 Å². The van der Waals surface area contributed by atoms with E-state index >= 15 is 0 Å². The van der Waals surface area contributed by atoms with Crippen LogP contribution >= 0.6 is 0 Å². The molecule has 5 heteroatoms. The number of hydrogen-bond acceptors (Lipinski definition) is 3. The highest BCUT2D eigenvalue weighted by Crippen LogP contribution is 2.23. The minimum absolute atomic E-state index is 0.464. The maximum absolute atomic E-state index is 4.59. The Labute approximate surface area is 146 Å². The Hall–Kier alpha value is -2.95. The molecule has 1 unspecified atom stereocenters. The molecule has 3 heterocycles. The van der Waals surface area contributed by atoms with E-state index in [0.717, 1.165) is 30.0 Å². The summed E-state index contributed by atoms with van der Waals surface area (Å²) >= 11 is 0. The fourth-order valence-corrected chi connectivity index (χ4v) is 3.37. The zero-order valence-electron chi connectivity index (χ0n) is 14.5. The molecule has 0 bridgehead atoms. The van der Waals surface area contributed by atoms with Crippen molar-refractivity contribution in [3.05, 3.63) is 66.4 Å². The molecule has 0 saturated heterocycles. The van der Waals surface area contributed by atoms with E-state index in [1.165, 1.54) is 16.7 Å². The van der Waals surface area contributed by atoms with Crippen molar-refractivity contribution in [1.82, 2.24) is 24.5 Å². The SMILES string of the molecule is Cc1ccccc1-c1nccn1CC(C)Cc1ccnc2nc[nH]c12. The summed E-state index contributed by atoms with van der Waals surface area (Å²) in [6, 6.07) is 10.5. The Kier molecular flexibility index (Phi) is 4.06. The first-order valence-electron chi connectivity index (χ1n) is 8.56. The number of pyridine rings is 1. The number of fused-ring (bicyclic) bond motifs is 1. The average molecular weight is 331 g/mol. The van der Waals surface area contributed by atoms with Gasteiger partial charge in [-0.1, -0.05) is 31.2 Å². The van der Waals surface area contributed by atoms with Gasteiger partial charge in [-0.05, 0) is 36.5 Å². The summed E-state index contributed by atoms with van der Waals surface area (Å²) in [5.41, 5.74) is 5.52. The molecule has 0 radical (unpaired) electrons. The Balaban J connectivity index is 1.56. The summed E-state index contributed by atoms with van der Waals surface area (Å²) in [6.45, 7) is 5.32. The molecule has 3 aromatic heterocycles. The van der Waals surface area contributed by atoms with Crippen molar-refractivity contribution in [1.29, 1.82) is 0 Å². The summed E-state index contributed by atoms with van der Waals surface area (Å²) in [5.74, 6) is 1.50. The monoisotopic (exact) mass is 331 g/mol. The van der Waals surface area contributed by atoms with Crippen LogP contribution in [0.25, 0.3) is 22.6 Å². The van der Waals surface area contributed by atoms with E-state index in [-0.39, 0.29) is 0 Å². The number of benzene rings is 1. The molecule has 4 rings (SSSR count). The number of aryl methyl sites for hydroxylation is 1. The summed E-state index contributed by atoms with van der Waals surface area (Å²) in [6.07, 6.45) is 8.45. The summed E-state index contributed by atoms with van der Waals surface area (Å²) in [4.78, 5) is 16.3. The lowest BCUT2D eigenvalue weighted by Crippen LogP contribution is -2.11. The van der Waals surface area contributed by atoms with Gasteiger partial charge in [0.1, 0.15) is 5.82 Å². The van der Waals surface area contributed by atoms with Gasteiger partial charge < -0.3 is 9.55 Å². The lowest BCUT2D eigenvalue weighted by Gasteiger charge is -2.16. The summed E-state index contributed by atoms with van der Waals surface area (Å²) < 4.78 is 2.25. The van der Waals surface area contributed by atoms with Crippen molar-refractivity contribution in [2.24, 2.45) is 5.92 Å². The molecule has 1 atom stereocenters. The molecule has 25 heavy (non-hydrogen) atoms. The number of aromatic amines is 1. The van der Waals surface area contributed by atoms with Crippen molar-refractivity contribution < 1.29 is 0 Å². The maximum atomic E-state index is 4.59. The van der Waals surface area contributed by atoms with Gasteiger partial charge in [-0.2, -0.15) is 0 Å². The lowest BCUT2D eigenvalue weighted by molar-refractivity contribution is 0.483. The molecule has 0 aliphatic rings. The lowest BCUT2D eigenvalue weighted by atomic mass is 10.0. The van der Waals surface area contributed by atoms with E-state index in [1.807, 2.05) is 12.4 Å². The second-order valence-corrected chi connectivity index (χ2v) is 6.60. The molecule has 1 aromatic carbocycles. The third-order valence-corrected chi connectivity index (χ3v) is 4.59. The molecule has 0 amide bonds. The van der Waals surface area contributed by atoms with Crippen LogP contribution in [0.15, 0.2) is 55.2 Å². The molecule has 0 aliphatic carbocycles. The van der Waals surface area contributed by atoms with Gasteiger partial charge in [-0.25, -0.2) is 15.0 Å². The van der Waals surface area contributed by atoms with E-state index in [1.54, 1.807) is 6.33 Å². The highest BCUT2D eigenvalue weighted by Gasteiger charge is 2.13. The second kappa shape index (κ2) is 6.51. The van der Waals surface area contributed by atoms with Crippen molar-refractivity contribution in [3.8, 4) is 11.4 Å². The fourth-order valence-electron chi connectivity index (χ4n) is 3.37. The van der Waals surface area contributed by atoms with Gasteiger partial charge in [0.25, 0.3) is 0 Å². The van der Waals surface area contributed by atoms with Crippen molar-refractivity contribution in [2.75, 3.05) is 0 Å². The van der Waals surface area contributed by atoms with E-state index in [2.05, 4.69) is 74.9 Å². The minimum Gasteiger partial charge on any atom is -0.343 e. The smallest absolute Gasteiger partial charge is 0.177 e. The molecule has 0 saturated carbocycles. The molecule has 126 valence electrons. The molecule has 5 nitrogen and oxygen atoms in total. The van der Waals surface area contributed by atoms with E-state index in [9.17, 15) is 0 Å². The summed E-state index contributed by atoms with van der Waals surface area (Å²) in [7, 11) is 0. The first-order valence-corrected chi connectivity index (χ1v) is 8.56. The highest BCUT2D eigenvalue weighted by molar-refractivity contribution is 5.73. The van der Waals surface area contributed by atoms with Crippen LogP contribution in [0.2, 0.25) is 0 Å². The number of rotatable bonds is 5. The number of H-pyrrole nitrogens is 1. The van der Waals surface area contributed by atoms with Gasteiger partial charge in [0, 0.05) is 30.7 Å². The van der Waals surface area contributed by atoms with Crippen LogP contribution in [-0.4, -0.2) is 24.5 Å². The topological polar surface area (TPSA) is 59.4 Å². The average Bonchev–Trinajstić information content (AvgIpc) is 3.25. The van der Waals surface area contributed by atoms with Crippen molar-refractivity contribution in [3.63, 3.8) is 0 Å². The quantitative estimate of drug-likeness (QED) is 0.601. The number of aromatic nitrogens is 5. The Morgan fingerprint density at radius 2 is 1.96 bits per heavy atom. The Bertz CT molecular complexity index is 998. The molecule has 1 N–H and O–H groups in total. The van der Waals surface area contributed by atoms with Gasteiger partial charge in [-0.15, -0.1) is 0 Å². The van der Waals surface area contributed by atoms with Crippen LogP contribution in [0.4, 0.5) is 0 Å². The van der Waals surface area contributed by atoms with Gasteiger partial charge in [0.05, 0.1) is 11.8 Å². The van der Waals surface area contributed by atoms with Crippen LogP contribution in [0.1, 0.15) is 18.1 Å². The molecule has 0 aliphatic heterocycles. The number of nitrogens with zero attached hydrogens (tertiary/aromatic N) is 4. The van der Waals surface area contributed by atoms with Crippen LogP contribution in [0, 0.1) is 12.8 Å². The second-order valence-electron chi connectivity index (χ2n) is 6.60. The number of hydrogen-bond donors (Lipinski definition) is 1. The molecular weight excluding hydrogens is 310 g/mol.